The first-order chi connectivity index (χ1) is 13.7. The standard InChI is InChI=1S/C20H19N5O2S/c26-16(23-14-6-3-4-12-10-22-24-18(12)14)8-9-25-11-21-19-17(20(25)27)13-5-1-2-7-15(13)28-19/h3-4,6,10-11H,1-2,5,7-9H2,(H,22,24)(H,23,26). The van der Waals surface area contributed by atoms with E-state index in [1.807, 2.05) is 18.2 Å². The Bertz CT molecular complexity index is 1250. The van der Waals surface area contributed by atoms with Crippen LogP contribution in [0.15, 0.2) is 35.5 Å². The number of aryl methyl sites for hydroxylation is 3. The van der Waals surface area contributed by atoms with Crippen LogP contribution in [0, 0.1) is 0 Å². The number of thiophene rings is 1. The van der Waals surface area contributed by atoms with E-state index in [2.05, 4.69) is 20.5 Å². The Balaban J connectivity index is 1.36. The second kappa shape index (κ2) is 6.87. The summed E-state index contributed by atoms with van der Waals surface area (Å²) in [5.74, 6) is -0.151. The van der Waals surface area contributed by atoms with Gasteiger partial charge in [-0.2, -0.15) is 5.10 Å². The molecule has 3 aromatic heterocycles. The average molecular weight is 393 g/mol. The van der Waals surface area contributed by atoms with Crippen LogP contribution in [-0.2, 0) is 24.2 Å². The number of nitrogens with one attached hydrogen (secondary N) is 2. The molecule has 2 N–H and O–H groups in total. The van der Waals surface area contributed by atoms with Crippen molar-refractivity contribution in [3.05, 3.63) is 51.5 Å². The molecule has 4 aromatic rings. The van der Waals surface area contributed by atoms with Crippen molar-refractivity contribution >= 4 is 44.1 Å². The molecule has 0 fully saturated rings. The summed E-state index contributed by atoms with van der Waals surface area (Å²) in [6.07, 6.45) is 7.76. The number of hydrogen-bond acceptors (Lipinski definition) is 5. The first kappa shape index (κ1) is 17.1. The summed E-state index contributed by atoms with van der Waals surface area (Å²) in [6.45, 7) is 0.303. The highest BCUT2D eigenvalue weighted by molar-refractivity contribution is 7.18. The number of benzene rings is 1. The first-order valence-corrected chi connectivity index (χ1v) is 10.2. The topological polar surface area (TPSA) is 92.7 Å². The number of aromatic amines is 1. The van der Waals surface area contributed by atoms with Crippen LogP contribution in [0.2, 0.25) is 0 Å². The Kier molecular flexibility index (Phi) is 4.20. The van der Waals surface area contributed by atoms with E-state index >= 15 is 0 Å². The minimum Gasteiger partial charge on any atom is -0.324 e. The summed E-state index contributed by atoms with van der Waals surface area (Å²) in [6, 6.07) is 5.63. The van der Waals surface area contributed by atoms with Gasteiger partial charge in [0, 0.05) is 23.2 Å². The Hall–Kier alpha value is -3.00. The lowest BCUT2D eigenvalue weighted by Crippen LogP contribution is -2.24. The molecule has 28 heavy (non-hydrogen) atoms. The number of nitrogens with zero attached hydrogens (tertiary/aromatic N) is 3. The van der Waals surface area contributed by atoms with Crippen molar-refractivity contribution in [1.29, 1.82) is 0 Å². The van der Waals surface area contributed by atoms with Crippen molar-refractivity contribution in [1.82, 2.24) is 19.7 Å². The SMILES string of the molecule is O=C(CCn1cnc2sc3c(c2c1=O)CCCC3)Nc1cccc2cn[nH]c12. The molecule has 142 valence electrons. The lowest BCUT2D eigenvalue weighted by molar-refractivity contribution is -0.116. The lowest BCUT2D eigenvalue weighted by atomic mass is 9.97. The van der Waals surface area contributed by atoms with Crippen molar-refractivity contribution in [2.75, 3.05) is 5.32 Å². The number of anilines is 1. The van der Waals surface area contributed by atoms with Crippen molar-refractivity contribution < 1.29 is 4.79 Å². The zero-order valence-corrected chi connectivity index (χ0v) is 16.0. The van der Waals surface area contributed by atoms with E-state index in [1.165, 1.54) is 16.9 Å². The molecular formula is C20H19N5O2S. The van der Waals surface area contributed by atoms with Crippen LogP contribution in [0.5, 0.6) is 0 Å². The van der Waals surface area contributed by atoms with Gasteiger partial charge in [0.1, 0.15) is 4.83 Å². The Labute approximate surface area is 164 Å². The zero-order valence-electron chi connectivity index (χ0n) is 15.2. The second-order valence-electron chi connectivity index (χ2n) is 7.07. The zero-order chi connectivity index (χ0) is 19.1. The fourth-order valence-corrected chi connectivity index (χ4v) is 5.07. The highest BCUT2D eigenvalue weighted by Crippen LogP contribution is 2.33. The fourth-order valence-electron chi connectivity index (χ4n) is 3.85. The molecule has 0 aliphatic heterocycles. The molecule has 0 spiro atoms. The highest BCUT2D eigenvalue weighted by atomic mass is 32.1. The minimum atomic E-state index is -0.151. The largest absolute Gasteiger partial charge is 0.324 e. The third-order valence-electron chi connectivity index (χ3n) is 5.27. The molecule has 0 unspecified atom stereocenters. The molecule has 1 aliphatic rings. The maximum atomic E-state index is 13.0. The third-order valence-corrected chi connectivity index (χ3v) is 6.47. The number of hydrogen-bond donors (Lipinski definition) is 2. The van der Waals surface area contributed by atoms with Crippen molar-refractivity contribution in [2.24, 2.45) is 0 Å². The van der Waals surface area contributed by atoms with Gasteiger partial charge in [0.15, 0.2) is 0 Å². The van der Waals surface area contributed by atoms with E-state index < -0.39 is 0 Å². The van der Waals surface area contributed by atoms with Gasteiger partial charge < -0.3 is 5.32 Å². The maximum absolute atomic E-state index is 13.0. The van der Waals surface area contributed by atoms with Gasteiger partial charge >= 0.3 is 0 Å². The van der Waals surface area contributed by atoms with Gasteiger partial charge in [-0.15, -0.1) is 11.3 Å². The van der Waals surface area contributed by atoms with Crippen LogP contribution >= 0.6 is 11.3 Å². The Morgan fingerprint density at radius 2 is 2.18 bits per heavy atom. The molecule has 7 nitrogen and oxygen atoms in total. The van der Waals surface area contributed by atoms with Gasteiger partial charge in [-0.25, -0.2) is 4.98 Å². The molecule has 1 amide bonds. The van der Waals surface area contributed by atoms with E-state index in [9.17, 15) is 9.59 Å². The van der Waals surface area contributed by atoms with Crippen LogP contribution in [0.3, 0.4) is 0 Å². The van der Waals surface area contributed by atoms with Crippen LogP contribution in [0.1, 0.15) is 29.7 Å². The number of rotatable bonds is 4. The second-order valence-corrected chi connectivity index (χ2v) is 8.16. The predicted molar refractivity (Wildman–Crippen MR) is 110 cm³/mol. The summed E-state index contributed by atoms with van der Waals surface area (Å²) in [4.78, 5) is 32.0. The summed E-state index contributed by atoms with van der Waals surface area (Å²) in [5, 5.41) is 11.5. The molecule has 0 saturated carbocycles. The smallest absolute Gasteiger partial charge is 0.262 e. The summed E-state index contributed by atoms with van der Waals surface area (Å²) < 4.78 is 1.56. The van der Waals surface area contributed by atoms with Gasteiger partial charge in [0.2, 0.25) is 5.91 Å². The third kappa shape index (κ3) is 2.90. The van der Waals surface area contributed by atoms with E-state index in [1.54, 1.807) is 28.4 Å². The number of amides is 1. The average Bonchev–Trinajstić information content (AvgIpc) is 3.32. The van der Waals surface area contributed by atoms with Gasteiger partial charge in [-0.3, -0.25) is 19.3 Å². The van der Waals surface area contributed by atoms with E-state index in [4.69, 9.17) is 0 Å². The first-order valence-electron chi connectivity index (χ1n) is 9.42. The van der Waals surface area contributed by atoms with Crippen LogP contribution in [0.4, 0.5) is 5.69 Å². The van der Waals surface area contributed by atoms with E-state index in [-0.39, 0.29) is 17.9 Å². The quantitative estimate of drug-likeness (QED) is 0.557. The van der Waals surface area contributed by atoms with Gasteiger partial charge in [-0.05, 0) is 37.3 Å². The highest BCUT2D eigenvalue weighted by Gasteiger charge is 2.20. The van der Waals surface area contributed by atoms with Gasteiger partial charge in [0.25, 0.3) is 5.56 Å². The molecule has 3 heterocycles. The Morgan fingerprint density at radius 3 is 3.11 bits per heavy atom. The lowest BCUT2D eigenvalue weighted by Gasteiger charge is -2.10. The molecule has 1 aliphatic carbocycles. The van der Waals surface area contributed by atoms with Crippen LogP contribution in [-0.4, -0.2) is 25.7 Å². The van der Waals surface area contributed by atoms with Gasteiger partial charge in [0.05, 0.1) is 29.1 Å². The number of para-hydroxylation sites is 1. The molecule has 0 saturated heterocycles. The molecule has 0 radical (unpaired) electrons. The van der Waals surface area contributed by atoms with Gasteiger partial charge in [-0.1, -0.05) is 12.1 Å². The minimum absolute atomic E-state index is 0.0344. The van der Waals surface area contributed by atoms with E-state index in [0.29, 0.717) is 12.2 Å². The van der Waals surface area contributed by atoms with Crippen LogP contribution in [0.25, 0.3) is 21.1 Å². The number of carbonyl (C=O) groups excluding carboxylic acids is 1. The molecule has 0 atom stereocenters. The summed E-state index contributed by atoms with van der Waals surface area (Å²) in [5.41, 5.74) is 2.62. The van der Waals surface area contributed by atoms with Crippen LogP contribution < -0.4 is 10.9 Å². The number of aromatic nitrogens is 4. The number of fused-ring (bicyclic) bond motifs is 4. The molecule has 0 bridgehead atoms. The maximum Gasteiger partial charge on any atom is 0.262 e. The fraction of sp³-hybridized carbons (Fsp3) is 0.300. The van der Waals surface area contributed by atoms with E-state index in [0.717, 1.165) is 40.4 Å². The molecule has 5 rings (SSSR count). The summed E-state index contributed by atoms with van der Waals surface area (Å²) >= 11 is 1.64. The Morgan fingerprint density at radius 1 is 1.29 bits per heavy atom. The van der Waals surface area contributed by atoms with Crippen molar-refractivity contribution in [3.63, 3.8) is 0 Å². The monoisotopic (exact) mass is 393 g/mol. The molecular weight excluding hydrogens is 374 g/mol. The van der Waals surface area contributed by atoms with Crippen molar-refractivity contribution in [3.8, 4) is 0 Å². The normalized spacial score (nSPS) is 13.7. The molecule has 1 aromatic carbocycles. The number of carbonyl (C=O) groups is 1. The molecule has 8 heteroatoms. The number of H-pyrrole nitrogens is 1. The van der Waals surface area contributed by atoms with Crippen molar-refractivity contribution in [2.45, 2.75) is 38.6 Å². The predicted octanol–water partition coefficient (Wildman–Crippen LogP) is 3.24. The summed E-state index contributed by atoms with van der Waals surface area (Å²) in [7, 11) is 0.